The summed E-state index contributed by atoms with van der Waals surface area (Å²) in [6.45, 7) is 0. The van der Waals surface area contributed by atoms with Crippen molar-refractivity contribution < 1.29 is 17.1 Å². The summed E-state index contributed by atoms with van der Waals surface area (Å²) < 4.78 is 0. The molecule has 0 amide bonds. The Hall–Kier alpha value is -5.78. The molecule has 12 nitrogen and oxygen atoms in total. The van der Waals surface area contributed by atoms with E-state index in [0.717, 1.165) is 34.2 Å². The topological polar surface area (TPSA) is 233 Å². The predicted octanol–water partition coefficient (Wildman–Crippen LogP) is 3.92. The predicted molar refractivity (Wildman–Crippen MR) is 169 cm³/mol. The molecule has 0 saturated heterocycles. The standard InChI is InChI=1S/3C10H10N4.Fe/c3*11-7-1-3-9(13-5-7)10-4-2-8(12)6-14-10;/h3*1-6H,11-12H2;/q;;;+3. The minimum atomic E-state index is 0. The molecular weight excluding hydrogens is 584 g/mol. The third-order valence-corrected chi connectivity index (χ3v) is 5.51. The van der Waals surface area contributed by atoms with Crippen molar-refractivity contribution >= 4 is 34.1 Å². The Kier molecular flexibility index (Phi) is 11.3. The zero-order chi connectivity index (χ0) is 29.9. The molecule has 13 heteroatoms. The van der Waals surface area contributed by atoms with E-state index in [-0.39, 0.29) is 17.1 Å². The van der Waals surface area contributed by atoms with Crippen molar-refractivity contribution in [2.45, 2.75) is 0 Å². The van der Waals surface area contributed by atoms with Crippen LogP contribution in [-0.2, 0) is 17.1 Å². The van der Waals surface area contributed by atoms with Gasteiger partial charge in [-0.2, -0.15) is 0 Å². The number of pyridine rings is 6. The molecule has 0 saturated carbocycles. The monoisotopic (exact) mass is 614 g/mol. The Bertz CT molecular complexity index is 1340. The van der Waals surface area contributed by atoms with Gasteiger partial charge in [0, 0.05) is 0 Å². The van der Waals surface area contributed by atoms with Gasteiger partial charge in [-0.15, -0.1) is 0 Å². The first-order valence-electron chi connectivity index (χ1n) is 12.6. The van der Waals surface area contributed by atoms with E-state index < -0.39 is 0 Å². The Morgan fingerprint density at radius 2 is 0.395 bits per heavy atom. The number of nitrogens with zero attached hydrogens (tertiary/aromatic N) is 6. The second-order valence-corrected chi connectivity index (χ2v) is 8.86. The van der Waals surface area contributed by atoms with Crippen molar-refractivity contribution in [3.63, 3.8) is 0 Å². The Labute approximate surface area is 259 Å². The average Bonchev–Trinajstić information content (AvgIpc) is 3.01. The number of hydrogen-bond acceptors (Lipinski definition) is 12. The first kappa shape index (κ1) is 31.7. The molecule has 43 heavy (non-hydrogen) atoms. The molecule has 0 fully saturated rings. The van der Waals surface area contributed by atoms with Crippen LogP contribution in [0.1, 0.15) is 0 Å². The Morgan fingerprint density at radius 3 is 0.488 bits per heavy atom. The second-order valence-electron chi connectivity index (χ2n) is 8.86. The molecule has 0 atom stereocenters. The summed E-state index contributed by atoms with van der Waals surface area (Å²) >= 11 is 0. The van der Waals surface area contributed by atoms with Crippen molar-refractivity contribution in [3.05, 3.63) is 110 Å². The van der Waals surface area contributed by atoms with E-state index in [9.17, 15) is 0 Å². The van der Waals surface area contributed by atoms with Gasteiger partial charge in [-0.25, -0.2) is 0 Å². The van der Waals surface area contributed by atoms with Crippen molar-refractivity contribution in [1.82, 2.24) is 29.9 Å². The molecular formula is C30H30FeN12+3. The maximum Gasteiger partial charge on any atom is 3.00 e. The fourth-order valence-electron chi connectivity index (χ4n) is 3.34. The summed E-state index contributed by atoms with van der Waals surface area (Å²) in [4.78, 5) is 24.9. The Balaban J connectivity index is 0.000000175. The molecule has 6 aromatic heterocycles. The fraction of sp³-hybridized carbons (Fsp3) is 0. The van der Waals surface area contributed by atoms with E-state index in [1.165, 1.54) is 0 Å². The Morgan fingerprint density at radius 1 is 0.256 bits per heavy atom. The van der Waals surface area contributed by atoms with Crippen molar-refractivity contribution in [1.29, 1.82) is 0 Å². The van der Waals surface area contributed by atoms with Gasteiger partial charge in [0.05, 0.1) is 105 Å². The summed E-state index contributed by atoms with van der Waals surface area (Å²) in [7, 11) is 0. The first-order valence-corrected chi connectivity index (χ1v) is 12.6. The SMILES string of the molecule is Nc1ccc(-c2ccc(N)cn2)nc1.Nc1ccc(-c2ccc(N)cn2)nc1.Nc1ccc(-c2ccc(N)cn2)nc1.[Fe+3]. The molecule has 0 aromatic carbocycles. The van der Waals surface area contributed by atoms with E-state index in [4.69, 9.17) is 34.4 Å². The molecule has 215 valence electrons. The van der Waals surface area contributed by atoms with Crippen LogP contribution in [0.3, 0.4) is 0 Å². The molecule has 0 unspecified atom stereocenters. The van der Waals surface area contributed by atoms with E-state index in [0.29, 0.717) is 34.1 Å². The van der Waals surface area contributed by atoms with Crippen LogP contribution in [0.15, 0.2) is 110 Å². The van der Waals surface area contributed by atoms with E-state index >= 15 is 0 Å². The van der Waals surface area contributed by atoms with Gasteiger partial charge < -0.3 is 34.4 Å². The molecule has 12 N–H and O–H groups in total. The third-order valence-electron chi connectivity index (χ3n) is 5.51. The molecule has 1 radical (unpaired) electrons. The normalized spacial score (nSPS) is 9.77. The van der Waals surface area contributed by atoms with Crippen molar-refractivity contribution in [2.75, 3.05) is 34.4 Å². The quantitative estimate of drug-likeness (QED) is 0.156. The van der Waals surface area contributed by atoms with Crippen LogP contribution in [0.4, 0.5) is 34.1 Å². The van der Waals surface area contributed by atoms with E-state index in [1.54, 1.807) is 73.6 Å². The van der Waals surface area contributed by atoms with Crippen LogP contribution in [0.25, 0.3) is 34.2 Å². The van der Waals surface area contributed by atoms with Gasteiger partial charge >= 0.3 is 17.1 Å². The van der Waals surface area contributed by atoms with Gasteiger partial charge in [0.2, 0.25) is 0 Å². The number of nitrogens with two attached hydrogens (primary N) is 6. The maximum atomic E-state index is 5.53. The number of nitrogen functional groups attached to an aromatic ring is 6. The van der Waals surface area contributed by atoms with E-state index in [1.807, 2.05) is 36.4 Å². The molecule has 0 aliphatic rings. The van der Waals surface area contributed by atoms with Crippen LogP contribution in [0, 0.1) is 0 Å². The zero-order valence-corrected chi connectivity index (χ0v) is 24.0. The summed E-state index contributed by atoms with van der Waals surface area (Å²) in [5.41, 5.74) is 41.8. The summed E-state index contributed by atoms with van der Waals surface area (Å²) in [6, 6.07) is 21.7. The van der Waals surface area contributed by atoms with Crippen LogP contribution in [0.2, 0.25) is 0 Å². The van der Waals surface area contributed by atoms with E-state index in [2.05, 4.69) is 29.9 Å². The number of rotatable bonds is 3. The van der Waals surface area contributed by atoms with Gasteiger partial charge in [0.1, 0.15) is 0 Å². The molecule has 0 aliphatic heterocycles. The van der Waals surface area contributed by atoms with Gasteiger partial charge in [0.25, 0.3) is 0 Å². The van der Waals surface area contributed by atoms with Gasteiger partial charge in [-0.05, 0) is 72.8 Å². The van der Waals surface area contributed by atoms with Crippen LogP contribution in [-0.4, -0.2) is 29.9 Å². The largest absolute Gasteiger partial charge is 3.00 e. The number of anilines is 6. The fourth-order valence-corrected chi connectivity index (χ4v) is 3.34. The number of hydrogen-bond donors (Lipinski definition) is 6. The van der Waals surface area contributed by atoms with Crippen LogP contribution in [0.5, 0.6) is 0 Å². The molecule has 6 rings (SSSR count). The second kappa shape index (κ2) is 15.3. The van der Waals surface area contributed by atoms with Crippen LogP contribution < -0.4 is 34.4 Å². The minimum Gasteiger partial charge on any atom is -0.397 e. The average molecular weight is 614 g/mol. The molecule has 6 heterocycles. The molecule has 0 aliphatic carbocycles. The smallest absolute Gasteiger partial charge is 0.397 e. The maximum absolute atomic E-state index is 5.53. The van der Waals surface area contributed by atoms with Crippen molar-refractivity contribution in [2.24, 2.45) is 0 Å². The molecule has 0 spiro atoms. The molecule has 0 bridgehead atoms. The summed E-state index contributed by atoms with van der Waals surface area (Å²) in [5.74, 6) is 0. The number of aromatic nitrogens is 6. The van der Waals surface area contributed by atoms with Crippen LogP contribution >= 0.6 is 0 Å². The summed E-state index contributed by atoms with van der Waals surface area (Å²) in [5, 5.41) is 0. The molecule has 6 aromatic rings. The van der Waals surface area contributed by atoms with Gasteiger partial charge in [-0.3, -0.25) is 29.9 Å². The van der Waals surface area contributed by atoms with Gasteiger partial charge in [-0.1, -0.05) is 0 Å². The first-order chi connectivity index (χ1) is 20.3. The van der Waals surface area contributed by atoms with Crippen molar-refractivity contribution in [3.8, 4) is 34.2 Å². The van der Waals surface area contributed by atoms with Gasteiger partial charge in [0.15, 0.2) is 0 Å². The minimum absolute atomic E-state index is 0. The third kappa shape index (κ3) is 9.67. The zero-order valence-electron chi connectivity index (χ0n) is 22.9. The summed E-state index contributed by atoms with van der Waals surface area (Å²) in [6.07, 6.45) is 9.63.